The van der Waals surface area contributed by atoms with Crippen LogP contribution in [0.5, 0.6) is 0 Å². The van der Waals surface area contributed by atoms with Crippen LogP contribution < -0.4 is 5.32 Å². The molecule has 1 N–H and O–H groups in total. The highest BCUT2D eigenvalue weighted by molar-refractivity contribution is 6.15. The third-order valence-corrected chi connectivity index (χ3v) is 7.89. The van der Waals surface area contributed by atoms with E-state index in [-0.39, 0.29) is 0 Å². The van der Waals surface area contributed by atoms with Crippen molar-refractivity contribution >= 4 is 45.2 Å². The molecule has 1 aliphatic heterocycles. The number of para-hydroxylation sites is 1. The van der Waals surface area contributed by atoms with Crippen molar-refractivity contribution in [1.29, 1.82) is 0 Å². The van der Waals surface area contributed by atoms with Crippen molar-refractivity contribution < 1.29 is 0 Å². The van der Waals surface area contributed by atoms with Crippen molar-refractivity contribution in [1.82, 2.24) is 5.32 Å². The molecule has 0 radical (unpaired) electrons. The lowest BCUT2D eigenvalue weighted by Gasteiger charge is -2.11. The standard InChI is InChI=1S/C41H35N3/c1-4-29(30-11-9-13-32(23-30)38-27-43-28-38)21-22-41(44-39-15-7-6-8-16-39)37-20-19-34-24-33(17-18-35(34)26-37)31-12-10-14-36(25-31)40(5-2)42-3/h4-28,42H,1-3H3/b22-21-,29-4+,40-5-,44-41?. The quantitative estimate of drug-likeness (QED) is 0.139. The monoisotopic (exact) mass is 569 g/mol. The molecule has 0 spiro atoms. The highest BCUT2D eigenvalue weighted by atomic mass is 14.8. The van der Waals surface area contributed by atoms with Gasteiger partial charge >= 0.3 is 0 Å². The summed E-state index contributed by atoms with van der Waals surface area (Å²) in [6, 6.07) is 40.7. The summed E-state index contributed by atoms with van der Waals surface area (Å²) in [5.74, 6) is 0. The fraction of sp³-hybridized carbons (Fsp3) is 0.0732. The fourth-order valence-electron chi connectivity index (χ4n) is 5.45. The molecule has 5 aromatic carbocycles. The van der Waals surface area contributed by atoms with Crippen molar-refractivity contribution in [3.8, 4) is 11.1 Å². The van der Waals surface area contributed by atoms with Crippen LogP contribution in [0.2, 0.25) is 0 Å². The fourth-order valence-corrected chi connectivity index (χ4v) is 5.45. The zero-order valence-corrected chi connectivity index (χ0v) is 25.3. The van der Waals surface area contributed by atoms with E-state index in [0.717, 1.165) is 39.4 Å². The largest absolute Gasteiger partial charge is 0.388 e. The number of nitrogens with zero attached hydrogens (tertiary/aromatic N) is 2. The first-order valence-corrected chi connectivity index (χ1v) is 15.0. The highest BCUT2D eigenvalue weighted by Gasteiger charge is 2.09. The highest BCUT2D eigenvalue weighted by Crippen LogP contribution is 2.29. The second kappa shape index (κ2) is 13.2. The molecule has 0 unspecified atom stereocenters. The van der Waals surface area contributed by atoms with E-state index in [1.54, 1.807) is 0 Å². The van der Waals surface area contributed by atoms with E-state index >= 15 is 0 Å². The summed E-state index contributed by atoms with van der Waals surface area (Å²) in [6.45, 7) is 4.13. The molecule has 0 atom stereocenters. The molecule has 6 rings (SSSR count). The lowest BCUT2D eigenvalue weighted by atomic mass is 9.96. The predicted molar refractivity (Wildman–Crippen MR) is 190 cm³/mol. The van der Waals surface area contributed by atoms with Gasteiger partial charge in [-0.25, -0.2) is 4.99 Å². The number of hydrogen-bond donors (Lipinski definition) is 1. The minimum Gasteiger partial charge on any atom is -0.388 e. The first kappa shape index (κ1) is 28.6. The summed E-state index contributed by atoms with van der Waals surface area (Å²) >= 11 is 0. The molecule has 1 heterocycles. The van der Waals surface area contributed by atoms with E-state index in [0.29, 0.717) is 0 Å². The number of rotatable bonds is 9. The van der Waals surface area contributed by atoms with Gasteiger partial charge in [-0.1, -0.05) is 97.1 Å². The van der Waals surface area contributed by atoms with Gasteiger partial charge in [0.2, 0.25) is 0 Å². The lowest BCUT2D eigenvalue weighted by Crippen LogP contribution is -2.03. The number of hydrogen-bond acceptors (Lipinski definition) is 3. The Kier molecular flexibility index (Phi) is 8.56. The SMILES string of the molecule is C/C=C(\NC)c1cccc(-c2ccc3cc(C(/C=C\C(=C/C)c4cccc(C5=CN=C5)c4)=Nc4ccccc4)ccc3c2)c1. The van der Waals surface area contributed by atoms with Crippen LogP contribution in [0.3, 0.4) is 0 Å². The van der Waals surface area contributed by atoms with Crippen LogP contribution >= 0.6 is 0 Å². The van der Waals surface area contributed by atoms with Crippen LogP contribution in [0, 0.1) is 0 Å². The van der Waals surface area contributed by atoms with Gasteiger partial charge in [-0.3, -0.25) is 4.99 Å². The number of aliphatic imine (C=N–C) groups is 2. The summed E-state index contributed by atoms with van der Waals surface area (Å²) in [5.41, 5.74) is 12.2. The van der Waals surface area contributed by atoms with Gasteiger partial charge in [0.15, 0.2) is 0 Å². The first-order chi connectivity index (χ1) is 21.6. The predicted octanol–water partition coefficient (Wildman–Crippen LogP) is 10.3. The maximum absolute atomic E-state index is 5.08. The molecular formula is C41H35N3. The van der Waals surface area contributed by atoms with Crippen LogP contribution in [0.1, 0.15) is 36.1 Å². The average molecular weight is 570 g/mol. The molecule has 0 aliphatic carbocycles. The maximum Gasteiger partial charge on any atom is 0.0709 e. The second-order valence-corrected chi connectivity index (χ2v) is 10.7. The summed E-state index contributed by atoms with van der Waals surface area (Å²) in [7, 11) is 1.96. The van der Waals surface area contributed by atoms with Crippen molar-refractivity contribution in [2.75, 3.05) is 7.05 Å². The molecule has 3 nitrogen and oxygen atoms in total. The summed E-state index contributed by atoms with van der Waals surface area (Å²) < 4.78 is 0. The molecule has 44 heavy (non-hydrogen) atoms. The zero-order chi connectivity index (χ0) is 30.3. The van der Waals surface area contributed by atoms with E-state index in [1.807, 2.05) is 49.8 Å². The van der Waals surface area contributed by atoms with E-state index in [9.17, 15) is 0 Å². The van der Waals surface area contributed by atoms with E-state index in [2.05, 4.69) is 133 Å². The number of fused-ring (bicyclic) bond motifs is 1. The Morgan fingerprint density at radius 1 is 0.636 bits per heavy atom. The van der Waals surface area contributed by atoms with Gasteiger partial charge in [0, 0.05) is 36.3 Å². The Morgan fingerprint density at radius 3 is 2.07 bits per heavy atom. The molecule has 0 aromatic heterocycles. The Balaban J connectivity index is 1.34. The molecular weight excluding hydrogens is 534 g/mol. The molecule has 0 saturated carbocycles. The first-order valence-electron chi connectivity index (χ1n) is 15.0. The molecule has 0 bridgehead atoms. The van der Waals surface area contributed by atoms with Crippen LogP contribution in [-0.2, 0) is 0 Å². The Labute approximate surface area is 260 Å². The number of benzene rings is 5. The maximum atomic E-state index is 5.08. The van der Waals surface area contributed by atoms with E-state index in [1.165, 1.54) is 33.0 Å². The Hall–Kier alpha value is -5.54. The molecule has 0 amide bonds. The van der Waals surface area contributed by atoms with E-state index in [4.69, 9.17) is 4.99 Å². The molecule has 0 saturated heterocycles. The van der Waals surface area contributed by atoms with Crippen LogP contribution in [0.25, 0.3) is 38.7 Å². The summed E-state index contributed by atoms with van der Waals surface area (Å²) in [5, 5.41) is 5.66. The topological polar surface area (TPSA) is 36.8 Å². The minimum atomic E-state index is 0.908. The molecule has 214 valence electrons. The van der Waals surface area contributed by atoms with Gasteiger partial charge in [0.1, 0.15) is 0 Å². The van der Waals surface area contributed by atoms with Crippen LogP contribution in [0.4, 0.5) is 5.69 Å². The number of allylic oxidation sites excluding steroid dienone is 6. The summed E-state index contributed by atoms with van der Waals surface area (Å²) in [6.07, 6.45) is 12.3. The molecule has 5 aromatic rings. The van der Waals surface area contributed by atoms with Gasteiger partial charge in [-0.2, -0.15) is 0 Å². The average Bonchev–Trinajstić information content (AvgIpc) is 3.05. The van der Waals surface area contributed by atoms with Gasteiger partial charge in [0.05, 0.1) is 11.4 Å². The van der Waals surface area contributed by atoms with Crippen LogP contribution in [0.15, 0.2) is 156 Å². The Morgan fingerprint density at radius 2 is 1.34 bits per heavy atom. The van der Waals surface area contributed by atoms with Crippen molar-refractivity contribution in [3.63, 3.8) is 0 Å². The third-order valence-electron chi connectivity index (χ3n) is 7.89. The third kappa shape index (κ3) is 6.28. The molecule has 0 fully saturated rings. The molecule has 3 heteroatoms. The Bertz CT molecular complexity index is 2000. The van der Waals surface area contributed by atoms with Crippen LogP contribution in [-0.4, -0.2) is 19.0 Å². The smallest absolute Gasteiger partial charge is 0.0709 e. The zero-order valence-electron chi connectivity index (χ0n) is 25.3. The van der Waals surface area contributed by atoms with Crippen molar-refractivity contribution in [2.45, 2.75) is 13.8 Å². The lowest BCUT2D eigenvalue weighted by molar-refractivity contribution is 1.12. The van der Waals surface area contributed by atoms with Crippen molar-refractivity contribution in [3.05, 3.63) is 168 Å². The van der Waals surface area contributed by atoms with Gasteiger partial charge in [-0.05, 0) is 100 Å². The molecule has 1 aliphatic rings. The van der Waals surface area contributed by atoms with Gasteiger partial charge in [0.25, 0.3) is 0 Å². The van der Waals surface area contributed by atoms with E-state index < -0.39 is 0 Å². The van der Waals surface area contributed by atoms with Gasteiger partial charge < -0.3 is 5.32 Å². The second-order valence-electron chi connectivity index (χ2n) is 10.7. The van der Waals surface area contributed by atoms with Gasteiger partial charge in [-0.15, -0.1) is 0 Å². The summed E-state index contributed by atoms with van der Waals surface area (Å²) in [4.78, 5) is 9.20. The van der Waals surface area contributed by atoms with Crippen molar-refractivity contribution in [2.24, 2.45) is 9.98 Å². The minimum absolute atomic E-state index is 0.908. The number of nitrogens with one attached hydrogen (secondary N) is 1. The normalized spacial score (nSPS) is 13.7.